The number of fused-ring (bicyclic) bond motifs is 3. The molecule has 0 atom stereocenters. The van der Waals surface area contributed by atoms with Gasteiger partial charge in [0.25, 0.3) is 0 Å². The van der Waals surface area contributed by atoms with Gasteiger partial charge >= 0.3 is 0 Å². The van der Waals surface area contributed by atoms with Gasteiger partial charge in [-0.2, -0.15) is 0 Å². The average molecular weight is 281 g/mol. The predicted octanol–water partition coefficient (Wildman–Crippen LogP) is 4.30. The first-order chi connectivity index (χ1) is 7.68. The van der Waals surface area contributed by atoms with Crippen molar-refractivity contribution >= 4 is 15.9 Å². The molecule has 0 spiro atoms. The van der Waals surface area contributed by atoms with Crippen molar-refractivity contribution in [2.24, 2.45) is 0 Å². The molecule has 0 heterocycles. The van der Waals surface area contributed by atoms with E-state index in [9.17, 15) is 8.78 Å². The molecule has 0 saturated carbocycles. The molecule has 2 aromatic carbocycles. The Hall–Kier alpha value is -1.22. The van der Waals surface area contributed by atoms with Gasteiger partial charge in [0.15, 0.2) is 0 Å². The Morgan fingerprint density at radius 1 is 1.06 bits per heavy atom. The summed E-state index contributed by atoms with van der Waals surface area (Å²) in [7, 11) is 0. The summed E-state index contributed by atoms with van der Waals surface area (Å²) in [5.41, 5.74) is 3.15. The first kappa shape index (κ1) is 9.97. The lowest BCUT2D eigenvalue weighted by molar-refractivity contribution is 0.579. The molecule has 1 aliphatic carbocycles. The predicted molar refractivity (Wildman–Crippen MR) is 62.3 cm³/mol. The van der Waals surface area contributed by atoms with E-state index in [1.807, 2.05) is 24.3 Å². The van der Waals surface area contributed by atoms with Gasteiger partial charge in [-0.15, -0.1) is 0 Å². The van der Waals surface area contributed by atoms with Crippen molar-refractivity contribution < 1.29 is 8.78 Å². The fraction of sp³-hybridized carbons (Fsp3) is 0.0769. The van der Waals surface area contributed by atoms with Crippen molar-refractivity contribution in [3.05, 3.63) is 57.6 Å². The number of halogens is 3. The van der Waals surface area contributed by atoms with Gasteiger partial charge in [0.05, 0.1) is 4.47 Å². The van der Waals surface area contributed by atoms with E-state index in [1.165, 1.54) is 0 Å². The van der Waals surface area contributed by atoms with Crippen LogP contribution in [0.15, 0.2) is 34.8 Å². The number of hydrogen-bond acceptors (Lipinski definition) is 0. The van der Waals surface area contributed by atoms with Crippen LogP contribution in [0.2, 0.25) is 0 Å². The van der Waals surface area contributed by atoms with Gasteiger partial charge in [-0.25, -0.2) is 8.78 Å². The van der Waals surface area contributed by atoms with E-state index in [2.05, 4.69) is 15.9 Å². The Balaban J connectivity index is 2.37. The molecule has 3 heteroatoms. The minimum Gasteiger partial charge on any atom is -0.206 e. The molecule has 0 aliphatic heterocycles. The first-order valence-electron chi connectivity index (χ1n) is 4.93. The third kappa shape index (κ3) is 1.24. The van der Waals surface area contributed by atoms with Crippen LogP contribution in [0, 0.1) is 11.6 Å². The SMILES string of the molecule is Fc1cc(F)c2c(c1Br)Cc1ccccc1-2. The van der Waals surface area contributed by atoms with Gasteiger partial charge in [0.2, 0.25) is 0 Å². The van der Waals surface area contributed by atoms with E-state index in [0.29, 0.717) is 22.0 Å². The number of rotatable bonds is 0. The van der Waals surface area contributed by atoms with Crippen molar-refractivity contribution in [1.82, 2.24) is 0 Å². The Morgan fingerprint density at radius 2 is 1.81 bits per heavy atom. The maximum atomic E-state index is 13.7. The molecule has 0 saturated heterocycles. The molecule has 0 aromatic heterocycles. The largest absolute Gasteiger partial charge is 0.206 e. The van der Waals surface area contributed by atoms with Crippen LogP contribution in [0.5, 0.6) is 0 Å². The second kappa shape index (κ2) is 3.39. The standard InChI is InChI=1S/C13H7BrF2/c14-13-9-5-7-3-1-2-4-8(7)12(9)10(15)6-11(13)16/h1-4,6H,5H2. The Bertz CT molecular complexity index is 591. The van der Waals surface area contributed by atoms with Crippen molar-refractivity contribution in [1.29, 1.82) is 0 Å². The summed E-state index contributed by atoms with van der Waals surface area (Å²) < 4.78 is 27.5. The molecule has 0 radical (unpaired) electrons. The molecule has 1 aliphatic rings. The minimum absolute atomic E-state index is 0.375. The second-order valence-corrected chi connectivity index (χ2v) is 4.63. The zero-order valence-corrected chi connectivity index (χ0v) is 9.81. The first-order valence-corrected chi connectivity index (χ1v) is 5.72. The van der Waals surface area contributed by atoms with Crippen LogP contribution < -0.4 is 0 Å². The van der Waals surface area contributed by atoms with Gasteiger partial charge in [-0.05, 0) is 39.0 Å². The van der Waals surface area contributed by atoms with Crippen LogP contribution in [0.1, 0.15) is 11.1 Å². The highest BCUT2D eigenvalue weighted by atomic mass is 79.9. The van der Waals surface area contributed by atoms with E-state index in [0.717, 1.165) is 17.2 Å². The summed E-state index contributed by atoms with van der Waals surface area (Å²) in [6, 6.07) is 8.52. The van der Waals surface area contributed by atoms with Crippen molar-refractivity contribution in [3.63, 3.8) is 0 Å². The van der Waals surface area contributed by atoms with E-state index in [4.69, 9.17) is 0 Å². The third-order valence-electron chi connectivity index (χ3n) is 2.92. The molecular formula is C13H7BrF2. The quantitative estimate of drug-likeness (QED) is 0.539. The van der Waals surface area contributed by atoms with Gasteiger partial charge in [0, 0.05) is 11.6 Å². The molecule has 16 heavy (non-hydrogen) atoms. The Morgan fingerprint density at radius 3 is 2.62 bits per heavy atom. The van der Waals surface area contributed by atoms with E-state index < -0.39 is 11.6 Å². The highest BCUT2D eigenvalue weighted by Crippen LogP contribution is 2.42. The number of benzene rings is 2. The summed E-state index contributed by atoms with van der Waals surface area (Å²) in [4.78, 5) is 0. The summed E-state index contributed by atoms with van der Waals surface area (Å²) in [6.45, 7) is 0. The van der Waals surface area contributed by atoms with Crippen LogP contribution >= 0.6 is 15.9 Å². The summed E-state index contributed by atoms with van der Waals surface area (Å²) in [5.74, 6) is -1.02. The van der Waals surface area contributed by atoms with E-state index in [1.54, 1.807) is 0 Å². The Labute approximate surface area is 100 Å². The topological polar surface area (TPSA) is 0 Å². The van der Waals surface area contributed by atoms with Crippen molar-refractivity contribution in [2.45, 2.75) is 6.42 Å². The van der Waals surface area contributed by atoms with Gasteiger partial charge in [-0.1, -0.05) is 24.3 Å². The molecule has 0 unspecified atom stereocenters. The molecule has 0 fully saturated rings. The molecule has 3 rings (SSSR count). The molecule has 2 aromatic rings. The summed E-state index contributed by atoms with van der Waals surface area (Å²) >= 11 is 3.18. The lowest BCUT2D eigenvalue weighted by atomic mass is 10.1. The second-order valence-electron chi connectivity index (χ2n) is 3.84. The van der Waals surface area contributed by atoms with E-state index >= 15 is 0 Å². The van der Waals surface area contributed by atoms with Crippen molar-refractivity contribution in [3.8, 4) is 11.1 Å². The fourth-order valence-corrected chi connectivity index (χ4v) is 2.66. The zero-order chi connectivity index (χ0) is 11.3. The van der Waals surface area contributed by atoms with Crippen LogP contribution in [0.3, 0.4) is 0 Å². The van der Waals surface area contributed by atoms with Crippen LogP contribution in [-0.4, -0.2) is 0 Å². The van der Waals surface area contributed by atoms with Gasteiger partial charge < -0.3 is 0 Å². The molecule has 0 N–H and O–H groups in total. The van der Waals surface area contributed by atoms with Crippen LogP contribution in [0.25, 0.3) is 11.1 Å². The van der Waals surface area contributed by atoms with Crippen molar-refractivity contribution in [2.75, 3.05) is 0 Å². The molecule has 0 nitrogen and oxygen atoms in total. The monoisotopic (exact) mass is 280 g/mol. The highest BCUT2D eigenvalue weighted by Gasteiger charge is 2.25. The zero-order valence-electron chi connectivity index (χ0n) is 8.23. The smallest absolute Gasteiger partial charge is 0.140 e. The average Bonchev–Trinajstić information content (AvgIpc) is 2.65. The Kier molecular flexibility index (Phi) is 2.11. The third-order valence-corrected chi connectivity index (χ3v) is 3.78. The molecule has 80 valence electrons. The fourth-order valence-electron chi connectivity index (χ4n) is 2.21. The normalized spacial score (nSPS) is 12.4. The molecule has 0 amide bonds. The minimum atomic E-state index is -0.538. The lowest BCUT2D eigenvalue weighted by Gasteiger charge is -2.05. The molecular weight excluding hydrogens is 274 g/mol. The lowest BCUT2D eigenvalue weighted by Crippen LogP contribution is -1.91. The maximum absolute atomic E-state index is 13.7. The molecule has 0 bridgehead atoms. The maximum Gasteiger partial charge on any atom is 0.140 e. The summed E-state index contributed by atoms with van der Waals surface area (Å²) in [5, 5.41) is 0. The van der Waals surface area contributed by atoms with E-state index in [-0.39, 0.29) is 0 Å². The number of hydrogen-bond donors (Lipinski definition) is 0. The summed E-state index contributed by atoms with van der Waals surface area (Å²) in [6.07, 6.45) is 0.584. The van der Waals surface area contributed by atoms with Crippen LogP contribution in [-0.2, 0) is 6.42 Å². The van der Waals surface area contributed by atoms with Gasteiger partial charge in [0.1, 0.15) is 11.6 Å². The van der Waals surface area contributed by atoms with Crippen LogP contribution in [0.4, 0.5) is 8.78 Å². The highest BCUT2D eigenvalue weighted by molar-refractivity contribution is 9.10. The van der Waals surface area contributed by atoms with Gasteiger partial charge in [-0.3, -0.25) is 0 Å².